The zero-order chi connectivity index (χ0) is 9.19. The molecule has 0 saturated carbocycles. The monoisotopic (exact) mass is 232 g/mol. The molecule has 1 unspecified atom stereocenters. The van der Waals surface area contributed by atoms with Gasteiger partial charge >= 0.3 is 0 Å². The number of nitrogens with zero attached hydrogens (tertiary/aromatic N) is 2. The first-order valence-corrected chi connectivity index (χ1v) is 4.73. The Morgan fingerprint density at radius 1 is 1.75 bits per heavy atom. The third-order valence-electron chi connectivity index (χ3n) is 1.87. The molecule has 0 bridgehead atoms. The van der Waals surface area contributed by atoms with Crippen LogP contribution in [0.5, 0.6) is 0 Å². The minimum absolute atomic E-state index is 0.537. The minimum Gasteiger partial charge on any atom is -0.388 e. The Hall–Kier alpha value is -0.350. The molecular weight excluding hydrogens is 220 g/mol. The van der Waals surface area contributed by atoms with Crippen LogP contribution in [0, 0.1) is 0 Å². The largest absolute Gasteiger partial charge is 0.388 e. The van der Waals surface area contributed by atoms with Crippen molar-refractivity contribution in [1.82, 2.24) is 9.78 Å². The van der Waals surface area contributed by atoms with Crippen molar-refractivity contribution < 1.29 is 5.11 Å². The fourth-order valence-corrected chi connectivity index (χ4v) is 1.21. The average molecular weight is 233 g/mol. The number of hydrogen-bond donors (Lipinski definition) is 1. The van der Waals surface area contributed by atoms with Gasteiger partial charge in [-0.3, -0.25) is 4.68 Å². The third-order valence-corrected chi connectivity index (χ3v) is 2.28. The summed E-state index contributed by atoms with van der Waals surface area (Å²) in [5.41, 5.74) is -0.661. The number of aromatic nitrogens is 2. The molecule has 4 heteroatoms. The zero-order valence-corrected chi connectivity index (χ0v) is 8.87. The molecule has 0 radical (unpaired) electrons. The summed E-state index contributed by atoms with van der Waals surface area (Å²) in [7, 11) is 0. The molecule has 1 atom stereocenters. The maximum Gasteiger partial charge on any atom is 0.0812 e. The number of hydrogen-bond acceptors (Lipinski definition) is 2. The molecule has 68 valence electrons. The quantitative estimate of drug-likeness (QED) is 0.864. The molecule has 0 fully saturated rings. The highest BCUT2D eigenvalue weighted by molar-refractivity contribution is 9.10. The minimum atomic E-state index is -0.661. The van der Waals surface area contributed by atoms with Crippen molar-refractivity contribution in [1.29, 1.82) is 0 Å². The highest BCUT2D eigenvalue weighted by Crippen LogP contribution is 2.13. The van der Waals surface area contributed by atoms with Crippen LogP contribution < -0.4 is 0 Å². The van der Waals surface area contributed by atoms with Crippen molar-refractivity contribution in [3.63, 3.8) is 0 Å². The molecule has 0 amide bonds. The molecule has 0 aliphatic heterocycles. The van der Waals surface area contributed by atoms with Gasteiger partial charge in [0.1, 0.15) is 0 Å². The smallest absolute Gasteiger partial charge is 0.0812 e. The van der Waals surface area contributed by atoms with Crippen molar-refractivity contribution >= 4 is 15.9 Å². The highest BCUT2D eigenvalue weighted by atomic mass is 79.9. The maximum atomic E-state index is 9.71. The number of aliphatic hydroxyl groups is 1. The van der Waals surface area contributed by atoms with E-state index in [1.54, 1.807) is 10.9 Å². The molecule has 0 aliphatic rings. The molecule has 1 heterocycles. The molecule has 0 saturated heterocycles. The molecule has 1 rings (SSSR count). The Kier molecular flexibility index (Phi) is 2.90. The van der Waals surface area contributed by atoms with E-state index in [1.165, 1.54) is 0 Å². The molecule has 1 N–H and O–H groups in total. The van der Waals surface area contributed by atoms with Crippen LogP contribution in [-0.2, 0) is 6.54 Å². The lowest BCUT2D eigenvalue weighted by Gasteiger charge is -2.20. The van der Waals surface area contributed by atoms with Crippen LogP contribution in [0.15, 0.2) is 16.9 Å². The van der Waals surface area contributed by atoms with E-state index in [1.807, 2.05) is 20.0 Å². The van der Waals surface area contributed by atoms with Gasteiger partial charge in [0.25, 0.3) is 0 Å². The summed E-state index contributed by atoms with van der Waals surface area (Å²) in [4.78, 5) is 0. The van der Waals surface area contributed by atoms with E-state index in [4.69, 9.17) is 0 Å². The van der Waals surface area contributed by atoms with Gasteiger partial charge in [0.15, 0.2) is 0 Å². The van der Waals surface area contributed by atoms with E-state index in [-0.39, 0.29) is 0 Å². The molecule has 0 aromatic carbocycles. The summed E-state index contributed by atoms with van der Waals surface area (Å²) in [6, 6.07) is 0. The predicted molar refractivity (Wildman–Crippen MR) is 50.8 cm³/mol. The number of halogens is 1. The van der Waals surface area contributed by atoms with Gasteiger partial charge in [0, 0.05) is 6.20 Å². The van der Waals surface area contributed by atoms with Gasteiger partial charge in [-0.25, -0.2) is 0 Å². The van der Waals surface area contributed by atoms with Crippen molar-refractivity contribution in [3.05, 3.63) is 16.9 Å². The predicted octanol–water partition coefficient (Wildman–Crippen LogP) is 1.81. The van der Waals surface area contributed by atoms with Crippen LogP contribution in [0.1, 0.15) is 20.3 Å². The van der Waals surface area contributed by atoms with E-state index in [0.29, 0.717) is 6.54 Å². The second-order valence-electron chi connectivity index (χ2n) is 3.21. The SMILES string of the molecule is CCC(C)(O)Cn1cc(Br)cn1. The lowest BCUT2D eigenvalue weighted by Crippen LogP contribution is -2.29. The van der Waals surface area contributed by atoms with Crippen LogP contribution in [0.2, 0.25) is 0 Å². The molecular formula is C8H13BrN2O. The summed E-state index contributed by atoms with van der Waals surface area (Å²) >= 11 is 3.30. The maximum absolute atomic E-state index is 9.71. The van der Waals surface area contributed by atoms with E-state index in [2.05, 4.69) is 21.0 Å². The Morgan fingerprint density at radius 3 is 2.83 bits per heavy atom. The second-order valence-corrected chi connectivity index (χ2v) is 4.12. The Morgan fingerprint density at radius 2 is 2.42 bits per heavy atom. The summed E-state index contributed by atoms with van der Waals surface area (Å²) < 4.78 is 2.67. The first kappa shape index (κ1) is 9.74. The van der Waals surface area contributed by atoms with Crippen molar-refractivity contribution in [2.45, 2.75) is 32.4 Å². The van der Waals surface area contributed by atoms with Crippen molar-refractivity contribution in [3.8, 4) is 0 Å². The third kappa shape index (κ3) is 2.60. The fourth-order valence-electron chi connectivity index (χ4n) is 0.886. The van der Waals surface area contributed by atoms with E-state index >= 15 is 0 Å². The van der Waals surface area contributed by atoms with Gasteiger partial charge < -0.3 is 5.11 Å². The first-order chi connectivity index (χ1) is 5.53. The summed E-state index contributed by atoms with van der Waals surface area (Å²) in [6.45, 7) is 4.30. The molecule has 12 heavy (non-hydrogen) atoms. The van der Waals surface area contributed by atoms with E-state index in [9.17, 15) is 5.11 Å². The number of rotatable bonds is 3. The lowest BCUT2D eigenvalue weighted by atomic mass is 10.0. The Labute approximate surface area is 80.5 Å². The Balaban J connectivity index is 2.63. The van der Waals surface area contributed by atoms with Gasteiger partial charge in [-0.15, -0.1) is 0 Å². The van der Waals surface area contributed by atoms with Crippen molar-refractivity contribution in [2.75, 3.05) is 0 Å². The standard InChI is InChI=1S/C8H13BrN2O/c1-3-8(2,12)6-11-5-7(9)4-10-11/h4-5,12H,3,6H2,1-2H3. The van der Waals surface area contributed by atoms with Crippen LogP contribution in [0.25, 0.3) is 0 Å². The molecule has 3 nitrogen and oxygen atoms in total. The lowest BCUT2D eigenvalue weighted by molar-refractivity contribution is 0.0345. The first-order valence-electron chi connectivity index (χ1n) is 3.94. The van der Waals surface area contributed by atoms with E-state index in [0.717, 1.165) is 10.9 Å². The van der Waals surface area contributed by atoms with E-state index < -0.39 is 5.60 Å². The summed E-state index contributed by atoms with van der Waals surface area (Å²) in [5.74, 6) is 0. The van der Waals surface area contributed by atoms with Gasteiger partial charge in [-0.1, -0.05) is 6.92 Å². The molecule has 0 aliphatic carbocycles. The topological polar surface area (TPSA) is 38.0 Å². The normalized spacial score (nSPS) is 16.0. The van der Waals surface area contributed by atoms with Crippen LogP contribution in [0.4, 0.5) is 0 Å². The fraction of sp³-hybridized carbons (Fsp3) is 0.625. The van der Waals surface area contributed by atoms with Crippen LogP contribution in [-0.4, -0.2) is 20.5 Å². The van der Waals surface area contributed by atoms with Crippen LogP contribution >= 0.6 is 15.9 Å². The molecule has 1 aromatic heterocycles. The van der Waals surface area contributed by atoms with Crippen molar-refractivity contribution in [2.24, 2.45) is 0 Å². The average Bonchev–Trinajstić information content (AvgIpc) is 2.35. The van der Waals surface area contributed by atoms with Gasteiger partial charge in [0.2, 0.25) is 0 Å². The van der Waals surface area contributed by atoms with Gasteiger partial charge in [-0.2, -0.15) is 5.10 Å². The van der Waals surface area contributed by atoms with Gasteiger partial charge in [0.05, 0.1) is 22.8 Å². The highest BCUT2D eigenvalue weighted by Gasteiger charge is 2.18. The molecule has 0 spiro atoms. The Bertz CT molecular complexity index is 257. The molecule has 1 aromatic rings. The van der Waals surface area contributed by atoms with Gasteiger partial charge in [-0.05, 0) is 29.3 Å². The second kappa shape index (κ2) is 3.58. The zero-order valence-electron chi connectivity index (χ0n) is 7.29. The summed E-state index contributed by atoms with van der Waals surface area (Å²) in [6.07, 6.45) is 4.29. The summed E-state index contributed by atoms with van der Waals surface area (Å²) in [5, 5.41) is 13.8. The van der Waals surface area contributed by atoms with Crippen LogP contribution in [0.3, 0.4) is 0 Å².